The highest BCUT2D eigenvalue weighted by atomic mass is 32.2. The molecule has 4 heterocycles. The first-order chi connectivity index (χ1) is 15.5. The van der Waals surface area contributed by atoms with Gasteiger partial charge in [-0.05, 0) is 35.4 Å². The second-order valence-corrected chi connectivity index (χ2v) is 9.13. The summed E-state index contributed by atoms with van der Waals surface area (Å²) in [5.41, 5.74) is 5.05. The number of anilines is 1. The van der Waals surface area contributed by atoms with E-state index in [4.69, 9.17) is 4.74 Å². The number of ether oxygens (including phenoxy) is 1. The maximum absolute atomic E-state index is 12.7. The van der Waals surface area contributed by atoms with Crippen LogP contribution in [0.5, 0.6) is 0 Å². The molecule has 0 bridgehead atoms. The number of aryl methyl sites for hydroxylation is 1. The molecule has 3 aliphatic rings. The number of thioether (sulfide) groups is 1. The number of fused-ring (bicyclic) bond motifs is 1. The Labute approximate surface area is 190 Å². The number of nitrogens with zero attached hydrogens (tertiary/aromatic N) is 3. The minimum Gasteiger partial charge on any atom is -0.379 e. The smallest absolute Gasteiger partial charge is 0.289 e. The van der Waals surface area contributed by atoms with E-state index in [0.29, 0.717) is 5.57 Å². The van der Waals surface area contributed by atoms with Crippen LogP contribution in [0.25, 0.3) is 11.6 Å². The molecule has 0 radical (unpaired) electrons. The molecule has 1 N–H and O–H groups in total. The minimum absolute atomic E-state index is 0.156. The van der Waals surface area contributed by atoms with Gasteiger partial charge in [-0.3, -0.25) is 24.2 Å². The van der Waals surface area contributed by atoms with Crippen molar-refractivity contribution in [1.82, 2.24) is 14.4 Å². The summed E-state index contributed by atoms with van der Waals surface area (Å²) < 4.78 is 7.45. The van der Waals surface area contributed by atoms with Crippen LogP contribution in [-0.2, 0) is 34.5 Å². The molecule has 0 saturated carbocycles. The molecular weight excluding hydrogens is 428 g/mol. The third kappa shape index (κ3) is 4.11. The lowest BCUT2D eigenvalue weighted by atomic mass is 10.0. The number of aromatic nitrogens is 1. The Morgan fingerprint density at radius 1 is 1.09 bits per heavy atom. The van der Waals surface area contributed by atoms with Crippen molar-refractivity contribution in [3.63, 3.8) is 0 Å². The second-order valence-electron chi connectivity index (χ2n) is 8.20. The largest absolute Gasteiger partial charge is 0.379 e. The van der Waals surface area contributed by atoms with Crippen LogP contribution in [0.1, 0.15) is 22.4 Å². The Bertz CT molecular complexity index is 1120. The molecule has 3 amide bonds. The highest BCUT2D eigenvalue weighted by molar-refractivity contribution is 8.14. The van der Waals surface area contributed by atoms with Crippen molar-refractivity contribution in [2.24, 2.45) is 7.05 Å². The lowest BCUT2D eigenvalue weighted by Gasteiger charge is -2.26. The van der Waals surface area contributed by atoms with Crippen LogP contribution < -0.4 is 5.32 Å². The Kier molecular flexibility index (Phi) is 5.62. The highest BCUT2D eigenvalue weighted by Crippen LogP contribution is 2.35. The predicted molar refractivity (Wildman–Crippen MR) is 123 cm³/mol. The van der Waals surface area contributed by atoms with Crippen LogP contribution in [0.15, 0.2) is 30.5 Å². The van der Waals surface area contributed by atoms with Crippen LogP contribution in [0, 0.1) is 0 Å². The summed E-state index contributed by atoms with van der Waals surface area (Å²) in [5, 5.41) is 2.68. The third-order valence-corrected chi connectivity index (χ3v) is 6.81. The van der Waals surface area contributed by atoms with E-state index in [1.54, 1.807) is 0 Å². The molecule has 0 unspecified atom stereocenters. The number of carbonyl (C=O) groups is 3. The normalized spacial score (nSPS) is 20.3. The summed E-state index contributed by atoms with van der Waals surface area (Å²) in [4.78, 5) is 40.2. The molecule has 3 aliphatic heterocycles. The Hall–Kier alpha value is -2.88. The van der Waals surface area contributed by atoms with Gasteiger partial charge < -0.3 is 14.6 Å². The summed E-state index contributed by atoms with van der Waals surface area (Å²) in [7, 11) is 1.97. The topological polar surface area (TPSA) is 83.9 Å². The molecule has 2 aromatic rings. The van der Waals surface area contributed by atoms with E-state index < -0.39 is 0 Å². The molecule has 2 saturated heterocycles. The van der Waals surface area contributed by atoms with E-state index in [2.05, 4.69) is 22.5 Å². The number of hydrogen-bond donors (Lipinski definition) is 1. The van der Waals surface area contributed by atoms with Gasteiger partial charge in [0.2, 0.25) is 5.91 Å². The number of rotatable bonds is 5. The first-order valence-electron chi connectivity index (χ1n) is 10.6. The average Bonchev–Trinajstić information content (AvgIpc) is 3.40. The van der Waals surface area contributed by atoms with Crippen LogP contribution in [0.3, 0.4) is 0 Å². The van der Waals surface area contributed by atoms with E-state index in [9.17, 15) is 14.4 Å². The average molecular weight is 453 g/mol. The van der Waals surface area contributed by atoms with E-state index in [1.165, 1.54) is 10.5 Å². The van der Waals surface area contributed by atoms with Crippen molar-refractivity contribution in [3.05, 3.63) is 52.8 Å². The fourth-order valence-electron chi connectivity index (χ4n) is 4.24. The molecule has 2 fully saturated rings. The van der Waals surface area contributed by atoms with Gasteiger partial charge >= 0.3 is 0 Å². The van der Waals surface area contributed by atoms with Crippen molar-refractivity contribution >= 4 is 46.2 Å². The van der Waals surface area contributed by atoms with E-state index >= 15 is 0 Å². The number of carbonyl (C=O) groups excluding carboxylic acids is 3. The number of morpholine rings is 1. The lowest BCUT2D eigenvalue weighted by Crippen LogP contribution is -2.35. The van der Waals surface area contributed by atoms with Crippen molar-refractivity contribution in [2.75, 3.05) is 37.4 Å². The van der Waals surface area contributed by atoms with Crippen LogP contribution >= 0.6 is 11.8 Å². The van der Waals surface area contributed by atoms with Gasteiger partial charge in [0, 0.05) is 49.8 Å². The highest BCUT2D eigenvalue weighted by Gasteiger charge is 2.31. The molecule has 9 heteroatoms. The van der Waals surface area contributed by atoms with Gasteiger partial charge in [0.25, 0.3) is 11.1 Å². The first-order valence-corrected chi connectivity index (χ1v) is 11.6. The summed E-state index contributed by atoms with van der Waals surface area (Å²) in [6.07, 6.45) is 3.99. The number of hydrogen-bond acceptors (Lipinski definition) is 6. The SMILES string of the molecule is Cn1cc(CN2CCOCC2)cc1C=C1C(=O)Nc2ccc(CN3C(=O)CSC3=O)cc21. The van der Waals surface area contributed by atoms with Gasteiger partial charge in [0.15, 0.2) is 0 Å². The van der Waals surface area contributed by atoms with Gasteiger partial charge in [-0.1, -0.05) is 17.8 Å². The van der Waals surface area contributed by atoms with Gasteiger partial charge in [-0.2, -0.15) is 0 Å². The van der Waals surface area contributed by atoms with Crippen molar-refractivity contribution < 1.29 is 19.1 Å². The summed E-state index contributed by atoms with van der Waals surface area (Å²) in [5.74, 6) is -0.145. The first kappa shape index (κ1) is 21.0. The van der Waals surface area contributed by atoms with Gasteiger partial charge in [-0.25, -0.2) is 0 Å². The molecule has 0 spiro atoms. The van der Waals surface area contributed by atoms with Crippen LogP contribution in [-0.4, -0.2) is 63.5 Å². The zero-order chi connectivity index (χ0) is 22.2. The van der Waals surface area contributed by atoms with Gasteiger partial charge in [-0.15, -0.1) is 0 Å². The third-order valence-electron chi connectivity index (χ3n) is 5.95. The predicted octanol–water partition coefficient (Wildman–Crippen LogP) is 2.55. The van der Waals surface area contributed by atoms with Crippen molar-refractivity contribution in [1.29, 1.82) is 0 Å². The maximum atomic E-state index is 12.7. The molecule has 1 aromatic heterocycles. The van der Waals surface area contributed by atoms with Gasteiger partial charge in [0.05, 0.1) is 31.1 Å². The van der Waals surface area contributed by atoms with Crippen molar-refractivity contribution in [2.45, 2.75) is 13.1 Å². The number of benzene rings is 1. The zero-order valence-electron chi connectivity index (χ0n) is 17.8. The maximum Gasteiger partial charge on any atom is 0.289 e. The Balaban J connectivity index is 1.40. The molecule has 32 heavy (non-hydrogen) atoms. The van der Waals surface area contributed by atoms with E-state index in [-0.39, 0.29) is 29.4 Å². The number of nitrogens with one attached hydrogen (secondary N) is 1. The minimum atomic E-state index is -0.225. The molecular formula is C23H24N4O4S. The molecule has 166 valence electrons. The number of amides is 3. The molecule has 8 nitrogen and oxygen atoms in total. The fraction of sp³-hybridized carbons (Fsp3) is 0.348. The molecule has 0 atom stereocenters. The zero-order valence-corrected chi connectivity index (χ0v) is 18.6. The summed E-state index contributed by atoms with van der Waals surface area (Å²) >= 11 is 1.02. The van der Waals surface area contributed by atoms with Crippen LogP contribution in [0.2, 0.25) is 0 Å². The monoisotopic (exact) mass is 452 g/mol. The summed E-state index contributed by atoms with van der Waals surface area (Å²) in [6, 6.07) is 7.67. The summed E-state index contributed by atoms with van der Waals surface area (Å²) in [6.45, 7) is 4.43. The van der Waals surface area contributed by atoms with Crippen molar-refractivity contribution in [3.8, 4) is 0 Å². The Morgan fingerprint density at radius 2 is 1.91 bits per heavy atom. The second kappa shape index (κ2) is 8.57. The van der Waals surface area contributed by atoms with E-state index in [1.807, 2.05) is 35.9 Å². The fourth-order valence-corrected chi connectivity index (χ4v) is 4.97. The quantitative estimate of drug-likeness (QED) is 0.702. The molecule has 0 aliphatic carbocycles. The van der Waals surface area contributed by atoms with Crippen LogP contribution in [0.4, 0.5) is 10.5 Å². The van der Waals surface area contributed by atoms with Gasteiger partial charge in [0.1, 0.15) is 0 Å². The lowest BCUT2D eigenvalue weighted by molar-refractivity contribution is -0.125. The standard InChI is InChI=1S/C23H24N4O4S/c1-25-11-16(12-26-4-6-31-7-5-26)8-17(25)10-19-18-9-15(2-3-20(18)24-22(19)29)13-27-21(28)14-32-23(27)30/h2-3,8-11H,4-7,12-14H2,1H3,(H,24,29). The van der Waals surface area contributed by atoms with E-state index in [0.717, 1.165) is 67.1 Å². The molecule has 1 aromatic carbocycles. The Morgan fingerprint density at radius 3 is 2.66 bits per heavy atom. The molecule has 5 rings (SSSR count). The number of imide groups is 1.